The smallest absolute Gasteiger partial charge is 0.256 e. The molecule has 196 valence electrons. The Balaban J connectivity index is 1.52. The van der Waals surface area contributed by atoms with Gasteiger partial charge in [-0.05, 0) is 42.5 Å². The Kier molecular flexibility index (Phi) is 6.72. The van der Waals surface area contributed by atoms with E-state index in [4.69, 9.17) is 21.1 Å². The molecule has 39 heavy (non-hydrogen) atoms. The third-order valence-corrected chi connectivity index (χ3v) is 7.20. The number of pyridine rings is 2. The Hall–Kier alpha value is -4.27. The zero-order valence-corrected chi connectivity index (χ0v) is 21.8. The topological polar surface area (TPSA) is 76.6 Å². The molecule has 1 aliphatic heterocycles. The fraction of sp³-hybridized carbons (Fsp3) is 0.167. The van der Waals surface area contributed by atoms with Crippen molar-refractivity contribution in [2.45, 2.75) is 0 Å². The van der Waals surface area contributed by atoms with Gasteiger partial charge in [-0.2, -0.15) is 0 Å². The number of ether oxygens (including phenoxy) is 2. The van der Waals surface area contributed by atoms with E-state index in [9.17, 15) is 4.79 Å². The van der Waals surface area contributed by atoms with Crippen LogP contribution >= 0.6 is 11.6 Å². The molecule has 5 aromatic rings. The first kappa shape index (κ1) is 25.0. The Morgan fingerprint density at radius 3 is 2.69 bits per heavy atom. The maximum Gasteiger partial charge on any atom is 0.256 e. The van der Waals surface area contributed by atoms with Crippen LogP contribution in [0.15, 0.2) is 73.1 Å². The van der Waals surface area contributed by atoms with E-state index in [2.05, 4.69) is 20.2 Å². The minimum atomic E-state index is -0.460. The average Bonchev–Trinajstić information content (AvgIpc) is 2.97. The highest BCUT2D eigenvalue weighted by atomic mass is 35.5. The van der Waals surface area contributed by atoms with Crippen LogP contribution in [0.4, 0.5) is 15.8 Å². The number of anilines is 2. The summed E-state index contributed by atoms with van der Waals surface area (Å²) in [6, 6.07) is 17.4. The van der Waals surface area contributed by atoms with Crippen LogP contribution in [-0.4, -0.2) is 49.3 Å². The molecule has 3 heterocycles. The maximum absolute atomic E-state index is 15.4. The molecule has 0 saturated carbocycles. The lowest BCUT2D eigenvalue weighted by atomic mass is 9.99. The number of aromatic nitrogens is 2. The third-order valence-electron chi connectivity index (χ3n) is 6.87. The van der Waals surface area contributed by atoms with Crippen LogP contribution in [-0.2, 0) is 4.74 Å². The zero-order chi connectivity index (χ0) is 26.9. The fourth-order valence-corrected chi connectivity index (χ4v) is 5.22. The van der Waals surface area contributed by atoms with Gasteiger partial charge in [-0.1, -0.05) is 29.8 Å². The second kappa shape index (κ2) is 10.5. The number of hydrogen-bond donors (Lipinski definition) is 1. The molecule has 0 bridgehead atoms. The second-order valence-corrected chi connectivity index (χ2v) is 9.52. The predicted molar refractivity (Wildman–Crippen MR) is 151 cm³/mol. The van der Waals surface area contributed by atoms with Crippen molar-refractivity contribution in [3.8, 4) is 16.9 Å². The third kappa shape index (κ3) is 4.62. The summed E-state index contributed by atoms with van der Waals surface area (Å²) >= 11 is 6.53. The number of amides is 1. The number of benzene rings is 3. The number of halogens is 2. The van der Waals surface area contributed by atoms with E-state index in [1.807, 2.05) is 24.3 Å². The molecule has 1 saturated heterocycles. The van der Waals surface area contributed by atoms with Gasteiger partial charge in [-0.15, -0.1) is 0 Å². The Morgan fingerprint density at radius 1 is 1.05 bits per heavy atom. The molecule has 2 aromatic heterocycles. The van der Waals surface area contributed by atoms with Gasteiger partial charge in [-0.3, -0.25) is 14.8 Å². The van der Waals surface area contributed by atoms with Gasteiger partial charge in [0, 0.05) is 46.2 Å². The molecule has 1 N–H and O–H groups in total. The molecule has 0 atom stereocenters. The normalized spacial score (nSPS) is 13.6. The second-order valence-electron chi connectivity index (χ2n) is 9.11. The van der Waals surface area contributed by atoms with Crippen LogP contribution in [0.3, 0.4) is 0 Å². The van der Waals surface area contributed by atoms with Crippen LogP contribution in [0.1, 0.15) is 10.4 Å². The highest BCUT2D eigenvalue weighted by molar-refractivity contribution is 6.34. The molecule has 7 nitrogen and oxygen atoms in total. The summed E-state index contributed by atoms with van der Waals surface area (Å²) in [5.74, 6) is -0.201. The highest BCUT2D eigenvalue weighted by Crippen LogP contribution is 2.42. The zero-order valence-electron chi connectivity index (χ0n) is 21.1. The van der Waals surface area contributed by atoms with Crippen LogP contribution in [0, 0.1) is 5.82 Å². The summed E-state index contributed by atoms with van der Waals surface area (Å²) in [5.41, 5.74) is 3.66. The Morgan fingerprint density at radius 2 is 1.87 bits per heavy atom. The molecule has 0 unspecified atom stereocenters. The molecule has 3 aromatic carbocycles. The van der Waals surface area contributed by atoms with E-state index in [0.29, 0.717) is 64.8 Å². The molecule has 1 aliphatic rings. The van der Waals surface area contributed by atoms with Gasteiger partial charge in [0.2, 0.25) is 0 Å². The number of para-hydroxylation sites is 1. The standard InChI is InChI=1S/C30H24ClFN4O3/c1-38-18-6-8-23(31)22(16-18)27-24(32)9-7-21-28(27)34-17-26(29(21)36-12-14-39-15-13-36)35-30(37)20-10-11-33-25-5-3-2-4-19(20)25/h2-11,16-17H,12-15H2,1H3,(H,35,37). The van der Waals surface area contributed by atoms with Crippen molar-refractivity contribution in [2.24, 2.45) is 0 Å². The van der Waals surface area contributed by atoms with Gasteiger partial charge in [-0.25, -0.2) is 4.39 Å². The number of carbonyl (C=O) groups is 1. The van der Waals surface area contributed by atoms with E-state index < -0.39 is 5.82 Å². The summed E-state index contributed by atoms with van der Waals surface area (Å²) < 4.78 is 26.4. The van der Waals surface area contributed by atoms with E-state index in [1.54, 1.807) is 49.8 Å². The van der Waals surface area contributed by atoms with Gasteiger partial charge in [0.1, 0.15) is 11.6 Å². The fourth-order valence-electron chi connectivity index (χ4n) is 5.01. The lowest BCUT2D eigenvalue weighted by Crippen LogP contribution is -2.37. The molecule has 0 radical (unpaired) electrons. The minimum Gasteiger partial charge on any atom is -0.497 e. The number of methoxy groups -OCH3 is 1. The minimum absolute atomic E-state index is 0.268. The number of rotatable bonds is 5. The van der Waals surface area contributed by atoms with Crippen LogP contribution in [0.25, 0.3) is 32.9 Å². The molecule has 9 heteroatoms. The summed E-state index contributed by atoms with van der Waals surface area (Å²) in [6.07, 6.45) is 3.19. The Bertz CT molecular complexity index is 1720. The number of nitrogens with zero attached hydrogens (tertiary/aromatic N) is 3. The van der Waals surface area contributed by atoms with Crippen molar-refractivity contribution >= 4 is 50.7 Å². The number of carbonyl (C=O) groups excluding carboxylic acids is 1. The van der Waals surface area contributed by atoms with Gasteiger partial charge in [0.15, 0.2) is 0 Å². The average molecular weight is 543 g/mol. The van der Waals surface area contributed by atoms with Crippen molar-refractivity contribution in [1.29, 1.82) is 0 Å². The number of morpholine rings is 1. The first-order valence-electron chi connectivity index (χ1n) is 12.5. The molecule has 0 aliphatic carbocycles. The van der Waals surface area contributed by atoms with E-state index in [0.717, 1.165) is 16.6 Å². The molecule has 1 amide bonds. The number of nitrogens with one attached hydrogen (secondary N) is 1. The number of fused-ring (bicyclic) bond motifs is 2. The lowest BCUT2D eigenvalue weighted by Gasteiger charge is -2.31. The van der Waals surface area contributed by atoms with Crippen molar-refractivity contribution < 1.29 is 18.7 Å². The van der Waals surface area contributed by atoms with Crippen molar-refractivity contribution in [3.05, 3.63) is 89.5 Å². The van der Waals surface area contributed by atoms with Gasteiger partial charge in [0.05, 0.1) is 54.5 Å². The Labute approximate surface area is 229 Å². The monoisotopic (exact) mass is 542 g/mol. The first-order chi connectivity index (χ1) is 19.0. The lowest BCUT2D eigenvalue weighted by molar-refractivity contribution is 0.102. The first-order valence-corrected chi connectivity index (χ1v) is 12.9. The summed E-state index contributed by atoms with van der Waals surface area (Å²) in [5, 5.41) is 4.87. The number of hydrogen-bond acceptors (Lipinski definition) is 6. The van der Waals surface area contributed by atoms with Crippen molar-refractivity contribution in [2.75, 3.05) is 43.6 Å². The molecule has 6 rings (SSSR count). The predicted octanol–water partition coefficient (Wildman–Crippen LogP) is 6.34. The molecular weight excluding hydrogens is 519 g/mol. The van der Waals surface area contributed by atoms with E-state index >= 15 is 4.39 Å². The van der Waals surface area contributed by atoms with Crippen molar-refractivity contribution in [1.82, 2.24) is 9.97 Å². The van der Waals surface area contributed by atoms with Crippen LogP contribution < -0.4 is 15.0 Å². The van der Waals surface area contributed by atoms with Crippen LogP contribution in [0.2, 0.25) is 5.02 Å². The van der Waals surface area contributed by atoms with Gasteiger partial charge >= 0.3 is 0 Å². The van der Waals surface area contributed by atoms with E-state index in [-0.39, 0.29) is 11.5 Å². The largest absolute Gasteiger partial charge is 0.497 e. The maximum atomic E-state index is 15.4. The SMILES string of the molecule is COc1ccc(Cl)c(-c2c(F)ccc3c(N4CCOCC4)c(NC(=O)c4ccnc5ccccc45)cnc23)c1. The van der Waals surface area contributed by atoms with Crippen LogP contribution in [0.5, 0.6) is 5.75 Å². The highest BCUT2D eigenvalue weighted by Gasteiger charge is 2.24. The quantitative estimate of drug-likeness (QED) is 0.279. The van der Waals surface area contributed by atoms with Gasteiger partial charge < -0.3 is 19.7 Å². The van der Waals surface area contributed by atoms with Crippen molar-refractivity contribution in [3.63, 3.8) is 0 Å². The summed E-state index contributed by atoms with van der Waals surface area (Å²) in [6.45, 7) is 2.27. The molecular formula is C30H24ClFN4O3. The van der Waals surface area contributed by atoms with Gasteiger partial charge in [0.25, 0.3) is 5.91 Å². The van der Waals surface area contributed by atoms with E-state index in [1.165, 1.54) is 6.07 Å². The molecule has 0 spiro atoms. The summed E-state index contributed by atoms with van der Waals surface area (Å²) in [4.78, 5) is 24.7. The summed E-state index contributed by atoms with van der Waals surface area (Å²) in [7, 11) is 1.54. The molecule has 1 fully saturated rings.